The van der Waals surface area contributed by atoms with Crippen molar-refractivity contribution in [3.05, 3.63) is 67.2 Å². The van der Waals surface area contributed by atoms with E-state index in [9.17, 15) is 57.5 Å². The van der Waals surface area contributed by atoms with Gasteiger partial charge in [-0.1, -0.05) is 90.7 Å². The summed E-state index contributed by atoms with van der Waals surface area (Å²) in [5.41, 5.74) is -0.637. The summed E-state index contributed by atoms with van der Waals surface area (Å²) in [6.45, 7) is 66.2. The number of thioether (sulfide) groups is 1. The minimum atomic E-state index is -5.47. The standard InChI is InChI=1S/C14H25NO5.4C14H25NO4.C9H16NO4.C5H9Br.C2H6S.BrH.6ClH.Cu.HI.W.Zn/c1-13(2,3)20-12(17)15-9(11(16)18-6)7-8-10-14(4,5)19-10;2*1-10(2)8-7-9-11(12(16)18-6)15-13(17)19-14(3,4)5;2*1-8-14(5,6)9-10(11(16)18-7)15-12(17)19-13(2,3)4;1-6(7(11)13-5)10-8(12)14-9(2,3)4;1-5(2)3-4-6;1-3-2;;;;;;;;;;;/h9-10H,7-8H2,1-6H3,(H,15,17);2*8,11H,7,9H2,1-6H3,(H,15,17);2*8,10H,1,9H2,2-7H3,(H,15,17);6H,1H2,2-5H3,(H,10,12);3H,4H2,1-2H3;1-2H3;7*1H;;1H;;/q;;;;;-1;;;;;;;;;;+1;;+6;+2/p-8/t9-,10?;2*11-;2*10-;6-;;;;;;;;;;;;;/m110000............./s1. The van der Waals surface area contributed by atoms with Crippen LogP contribution in [0.15, 0.2) is 60.3 Å². The normalized spacial score (nSPS) is 14.1. The topological polar surface area (TPSA) is 400 Å². The molecule has 1 fully saturated rings. The fraction of sp³-hybridized carbons (Fsp3) is 0.733. The molecule has 6 amide bonds. The zero-order valence-electron chi connectivity index (χ0n) is 83.8. The fourth-order valence-corrected chi connectivity index (χ4v) is 8.90. The number of carbonyl (C=O) groups excluding carboxylic acids is 12. The van der Waals surface area contributed by atoms with E-state index < -0.39 is 150 Å². The zero-order chi connectivity index (χ0) is 106. The van der Waals surface area contributed by atoms with E-state index in [1.54, 1.807) is 149 Å². The van der Waals surface area contributed by atoms with Crippen molar-refractivity contribution in [1.29, 1.82) is 0 Å². The predicted octanol–water partition coefficient (Wildman–Crippen LogP) is 23.0. The number of esters is 6. The molecule has 0 spiro atoms. The summed E-state index contributed by atoms with van der Waals surface area (Å²) in [6, 6.07) is -4.55. The Morgan fingerprint density at radius 1 is 0.423 bits per heavy atom. The van der Waals surface area contributed by atoms with Crippen LogP contribution in [0.4, 0.5) is 28.8 Å². The molecular weight excluding hydrogens is 2360 g/mol. The number of allylic oxidation sites excluding steroid dienone is 8. The number of amides is 6. The van der Waals surface area contributed by atoms with E-state index in [4.69, 9.17) is 104 Å². The van der Waals surface area contributed by atoms with Crippen LogP contribution >= 0.6 is 118 Å². The van der Waals surface area contributed by atoms with Crippen LogP contribution in [-0.2, 0) is 127 Å². The molecule has 1 unspecified atom stereocenters. The van der Waals surface area contributed by atoms with Crippen molar-refractivity contribution in [3.63, 3.8) is 0 Å². The molecular formula is C86H156Br2Cl6CuIN6O25SWZn. The van der Waals surface area contributed by atoms with Gasteiger partial charge in [0.05, 0.1) is 54.4 Å². The van der Waals surface area contributed by atoms with Crippen molar-refractivity contribution in [2.75, 3.05) is 60.5 Å². The van der Waals surface area contributed by atoms with Crippen LogP contribution in [0.1, 0.15) is 259 Å². The number of halogens is 9. The molecule has 0 saturated carbocycles. The van der Waals surface area contributed by atoms with Gasteiger partial charge in [-0.25, -0.2) is 52.7 Å². The van der Waals surface area contributed by atoms with Gasteiger partial charge < -0.3 is 100 Å². The summed E-state index contributed by atoms with van der Waals surface area (Å²) < 4.78 is 63.8. The first-order valence-electron chi connectivity index (χ1n) is 40.2. The Morgan fingerprint density at radius 3 is 0.769 bits per heavy atom. The van der Waals surface area contributed by atoms with Crippen molar-refractivity contribution in [2.45, 2.75) is 341 Å². The molecule has 768 valence electrons. The molecule has 0 radical (unpaired) electrons. The number of epoxide rings is 1. The average molecular weight is 2520 g/mol. The van der Waals surface area contributed by atoms with E-state index >= 15 is 0 Å². The first kappa shape index (κ1) is 147. The van der Waals surface area contributed by atoms with Gasteiger partial charge in [0.15, 0.2) is 0 Å². The van der Waals surface area contributed by atoms with E-state index in [-0.39, 0.29) is 22.5 Å². The molecule has 0 aromatic rings. The molecule has 0 aromatic heterocycles. The van der Waals surface area contributed by atoms with Crippen molar-refractivity contribution in [3.8, 4) is 0 Å². The SMILES string of the molecule is C=CC(C)(C)C[C@H](NC(=O)OC(C)(C)C)C(=O)OC.C=CC(C)(C)C[C@H](NC(=O)OC(C)(C)C)C(=O)OC.CC(C)=CCBr.COC(=O)[C@@H](CCC1OC1(C)C)NC(=O)OC(C)(C)C.COC(=O)[C@@H](CCC=C(C)C)NC(=O)OC(C)(C)C.COC(=O)[C@H](CCC=C(C)C)NC(=O)OC(C)(C)C.CSC.[CH2-][C@H](NC(=O)OC(C)(C)C)C(=O)OC.[Cl][W]([Cl])([Cl])([Cl])([Cl])[Cl].[Cu][Br].[Zn+][I]. The monoisotopic (exact) mass is 2510 g/mol. The number of nitrogens with one attached hydrogen (secondary N) is 6. The molecule has 1 saturated heterocycles. The van der Waals surface area contributed by atoms with Gasteiger partial charge in [-0.2, -0.15) is 11.8 Å². The maximum atomic E-state index is 11.7. The molecule has 31 nitrogen and oxygen atoms in total. The van der Waals surface area contributed by atoms with Gasteiger partial charge in [-0.3, -0.25) is 4.79 Å². The molecule has 1 aliphatic heterocycles. The van der Waals surface area contributed by atoms with Crippen LogP contribution in [-0.4, -0.2) is 214 Å². The quantitative estimate of drug-likeness (QED) is 0.00619. The number of rotatable bonds is 28. The molecule has 1 rings (SSSR count). The number of alkyl halides is 1. The zero-order valence-corrected chi connectivity index (χ0v) is 101. The van der Waals surface area contributed by atoms with Gasteiger partial charge >= 0.3 is 193 Å². The number of hydrogen-bond acceptors (Lipinski definition) is 26. The Hall–Kier alpha value is -3.29. The van der Waals surface area contributed by atoms with E-state index in [2.05, 4.69) is 150 Å². The van der Waals surface area contributed by atoms with E-state index in [0.29, 0.717) is 51.4 Å². The fourth-order valence-electron chi connectivity index (χ4n) is 8.25. The molecule has 0 aliphatic carbocycles. The Labute approximate surface area is 848 Å². The van der Waals surface area contributed by atoms with Crippen LogP contribution in [0.3, 0.4) is 0 Å². The molecule has 44 heteroatoms. The average Bonchev–Trinajstić information content (AvgIpc) is 1.31. The molecule has 7 atom stereocenters. The Bertz CT molecular complexity index is 3310. The van der Waals surface area contributed by atoms with E-state index in [0.717, 1.165) is 5.33 Å². The van der Waals surface area contributed by atoms with Crippen molar-refractivity contribution < 1.29 is 155 Å². The number of carbonyl (C=O) groups is 12. The minimum absolute atomic E-state index is 0.120. The number of methoxy groups -OCH3 is 6. The van der Waals surface area contributed by atoms with Crippen LogP contribution in [0.2, 0.25) is 0 Å². The van der Waals surface area contributed by atoms with E-state index in [1.807, 2.05) is 93.9 Å². The first-order valence-corrected chi connectivity index (χ1v) is 76.1. The second kappa shape index (κ2) is 71.2. The third kappa shape index (κ3) is 110. The summed E-state index contributed by atoms with van der Waals surface area (Å²) in [4.78, 5) is 139. The predicted molar refractivity (Wildman–Crippen MR) is 530 cm³/mol. The van der Waals surface area contributed by atoms with Gasteiger partial charge in [-0.05, 0) is 255 Å². The molecule has 0 aromatic carbocycles. The second-order valence-corrected chi connectivity index (χ2v) is 101. The third-order valence-corrected chi connectivity index (χ3v) is 14.3. The molecule has 1 aliphatic rings. The number of hydrogen-bond donors (Lipinski definition) is 6. The van der Waals surface area contributed by atoms with Crippen LogP contribution in [0.25, 0.3) is 0 Å². The molecule has 130 heavy (non-hydrogen) atoms. The number of ether oxygens (including phenoxy) is 13. The second-order valence-electron chi connectivity index (χ2n) is 36.3. The number of alkyl carbamates (subject to hydrolysis) is 6. The maximum absolute atomic E-state index is 11.7. The van der Waals surface area contributed by atoms with E-state index in [1.165, 1.54) is 74.2 Å². The van der Waals surface area contributed by atoms with Gasteiger partial charge in [-0.15, -0.1) is 13.2 Å². The summed E-state index contributed by atoms with van der Waals surface area (Å²) in [7, 11) is 32.6. The summed E-state index contributed by atoms with van der Waals surface area (Å²) >= 11 is 15.1. The summed E-state index contributed by atoms with van der Waals surface area (Å²) in [5.74, 6) is -3.02. The Balaban J connectivity index is -0.000000159. The van der Waals surface area contributed by atoms with Crippen LogP contribution in [0.5, 0.6) is 0 Å². The summed E-state index contributed by atoms with van der Waals surface area (Å²) in [5, 5.41) is 15.9. The Morgan fingerprint density at radius 2 is 0.608 bits per heavy atom. The third-order valence-electron chi connectivity index (χ3n) is 14.0. The van der Waals surface area contributed by atoms with Gasteiger partial charge in [0, 0.05) is 11.4 Å². The van der Waals surface area contributed by atoms with Crippen molar-refractivity contribution in [1.82, 2.24) is 31.9 Å². The Kier molecular flexibility index (Phi) is 80.5. The molecule has 6 N–H and O–H groups in total. The van der Waals surface area contributed by atoms with Crippen molar-refractivity contribution in [2.24, 2.45) is 10.8 Å². The molecule has 1 heterocycles. The van der Waals surface area contributed by atoms with Crippen molar-refractivity contribution >= 4 is 190 Å². The summed E-state index contributed by atoms with van der Waals surface area (Å²) in [6.07, 6.45) is 14.3. The molecule has 0 bridgehead atoms. The van der Waals surface area contributed by atoms with Crippen LogP contribution in [0, 0.1) is 17.8 Å². The van der Waals surface area contributed by atoms with Gasteiger partial charge in [0.2, 0.25) is 0 Å². The van der Waals surface area contributed by atoms with Gasteiger partial charge in [0.25, 0.3) is 5.97 Å². The van der Waals surface area contributed by atoms with Crippen LogP contribution < -0.4 is 31.9 Å². The van der Waals surface area contributed by atoms with Gasteiger partial charge in [0.1, 0.15) is 63.8 Å². The first-order chi connectivity index (χ1) is 58.3.